The van der Waals surface area contributed by atoms with E-state index in [0.29, 0.717) is 18.9 Å². The minimum atomic E-state index is -0.0348. The molecule has 2 N–H and O–H groups in total. The maximum Gasteiger partial charge on any atom is 0.227 e. The Bertz CT molecular complexity index is 453. The molecule has 1 heterocycles. The highest BCUT2D eigenvalue weighted by Crippen LogP contribution is 2.17. The van der Waals surface area contributed by atoms with Gasteiger partial charge in [-0.05, 0) is 36.6 Å². The number of benzene rings is 1. The zero-order valence-corrected chi connectivity index (χ0v) is 13.4. The van der Waals surface area contributed by atoms with Gasteiger partial charge in [0.2, 0.25) is 5.91 Å². The van der Waals surface area contributed by atoms with Crippen molar-refractivity contribution in [1.82, 2.24) is 5.32 Å². The summed E-state index contributed by atoms with van der Waals surface area (Å²) in [6, 6.07) is 7.49. The smallest absolute Gasteiger partial charge is 0.227 e. The molecule has 1 fully saturated rings. The molecule has 0 radical (unpaired) electrons. The number of morpholine rings is 1. The van der Waals surface area contributed by atoms with Gasteiger partial charge < -0.3 is 20.1 Å². The van der Waals surface area contributed by atoms with Crippen molar-refractivity contribution in [3.63, 3.8) is 0 Å². The van der Waals surface area contributed by atoms with Crippen LogP contribution < -0.4 is 15.4 Å². The van der Waals surface area contributed by atoms with E-state index >= 15 is 0 Å². The molecule has 1 aliphatic heterocycles. The van der Waals surface area contributed by atoms with Crippen molar-refractivity contribution in [3.8, 4) is 5.75 Å². The highest BCUT2D eigenvalue weighted by molar-refractivity contribution is 5.91. The van der Waals surface area contributed by atoms with Crippen LogP contribution in [0.1, 0.15) is 26.7 Å². The molecule has 1 saturated heterocycles. The average Bonchev–Trinajstić information content (AvgIpc) is 2.49. The van der Waals surface area contributed by atoms with E-state index in [1.807, 2.05) is 24.3 Å². The Morgan fingerprint density at radius 3 is 2.82 bits per heavy atom. The predicted octanol–water partition coefficient (Wildman–Crippen LogP) is 2.43. The normalized spacial score (nSPS) is 18.2. The lowest BCUT2D eigenvalue weighted by molar-refractivity contribution is -0.119. The largest absolute Gasteiger partial charge is 0.494 e. The van der Waals surface area contributed by atoms with Crippen molar-refractivity contribution < 1.29 is 14.3 Å². The maximum absolute atomic E-state index is 12.0. The van der Waals surface area contributed by atoms with Crippen LogP contribution in [-0.2, 0) is 9.53 Å². The summed E-state index contributed by atoms with van der Waals surface area (Å²) in [6.45, 7) is 7.32. The third kappa shape index (κ3) is 6.03. The van der Waals surface area contributed by atoms with Crippen LogP contribution in [0.15, 0.2) is 24.3 Å². The van der Waals surface area contributed by atoms with E-state index in [0.717, 1.165) is 37.6 Å². The van der Waals surface area contributed by atoms with Crippen LogP contribution in [0.4, 0.5) is 5.69 Å². The van der Waals surface area contributed by atoms with E-state index in [4.69, 9.17) is 9.47 Å². The Labute approximate surface area is 132 Å². The molecule has 1 amide bonds. The van der Waals surface area contributed by atoms with Gasteiger partial charge in [0.15, 0.2) is 0 Å². The SMILES string of the molecule is CC(C)CCOc1ccc(NC(=O)CC2CNCCO2)cc1. The lowest BCUT2D eigenvalue weighted by Crippen LogP contribution is -2.40. The fraction of sp³-hybridized carbons (Fsp3) is 0.588. The van der Waals surface area contributed by atoms with Crippen LogP contribution in [0.25, 0.3) is 0 Å². The molecule has 2 rings (SSSR count). The lowest BCUT2D eigenvalue weighted by Gasteiger charge is -2.23. The monoisotopic (exact) mass is 306 g/mol. The van der Waals surface area contributed by atoms with Gasteiger partial charge in [-0.2, -0.15) is 0 Å². The molecule has 1 atom stereocenters. The summed E-state index contributed by atoms with van der Waals surface area (Å²) in [4.78, 5) is 12.0. The van der Waals surface area contributed by atoms with Crippen molar-refractivity contribution >= 4 is 11.6 Å². The first-order valence-electron chi connectivity index (χ1n) is 7.98. The molecule has 0 saturated carbocycles. The summed E-state index contributed by atoms with van der Waals surface area (Å²) in [5.41, 5.74) is 0.782. The van der Waals surface area contributed by atoms with Crippen LogP contribution in [-0.4, -0.2) is 38.3 Å². The second kappa shape index (κ2) is 8.76. The lowest BCUT2D eigenvalue weighted by atomic mass is 10.1. The number of anilines is 1. The molecule has 1 unspecified atom stereocenters. The van der Waals surface area contributed by atoms with Crippen LogP contribution in [0.2, 0.25) is 0 Å². The van der Waals surface area contributed by atoms with Crippen molar-refractivity contribution in [3.05, 3.63) is 24.3 Å². The molecule has 5 heteroatoms. The van der Waals surface area contributed by atoms with E-state index in [9.17, 15) is 4.79 Å². The summed E-state index contributed by atoms with van der Waals surface area (Å²) in [5.74, 6) is 1.44. The van der Waals surface area contributed by atoms with Gasteiger partial charge in [-0.3, -0.25) is 4.79 Å². The van der Waals surface area contributed by atoms with Gasteiger partial charge in [0.25, 0.3) is 0 Å². The molecular weight excluding hydrogens is 280 g/mol. The van der Waals surface area contributed by atoms with Crippen LogP contribution >= 0.6 is 0 Å². The van der Waals surface area contributed by atoms with Crippen LogP contribution in [0.3, 0.4) is 0 Å². The molecule has 0 bridgehead atoms. The number of hydrogen-bond acceptors (Lipinski definition) is 4. The van der Waals surface area contributed by atoms with E-state index in [1.54, 1.807) is 0 Å². The first-order chi connectivity index (χ1) is 10.6. The van der Waals surface area contributed by atoms with Crippen LogP contribution in [0.5, 0.6) is 5.75 Å². The second-order valence-electron chi connectivity index (χ2n) is 6.00. The molecule has 22 heavy (non-hydrogen) atoms. The predicted molar refractivity (Wildman–Crippen MR) is 87.2 cm³/mol. The maximum atomic E-state index is 12.0. The molecule has 5 nitrogen and oxygen atoms in total. The van der Waals surface area contributed by atoms with E-state index in [2.05, 4.69) is 24.5 Å². The third-order valence-corrected chi connectivity index (χ3v) is 3.52. The van der Waals surface area contributed by atoms with E-state index < -0.39 is 0 Å². The average molecular weight is 306 g/mol. The van der Waals surface area contributed by atoms with Crippen molar-refractivity contribution in [1.29, 1.82) is 0 Å². The molecule has 0 aromatic heterocycles. The quantitative estimate of drug-likeness (QED) is 0.812. The summed E-state index contributed by atoms with van der Waals surface area (Å²) in [5, 5.41) is 6.11. The summed E-state index contributed by atoms with van der Waals surface area (Å²) < 4.78 is 11.2. The number of ether oxygens (including phenoxy) is 2. The Morgan fingerprint density at radius 2 is 2.18 bits per heavy atom. The number of carbonyl (C=O) groups excluding carboxylic acids is 1. The third-order valence-electron chi connectivity index (χ3n) is 3.52. The standard InChI is InChI=1S/C17H26N2O3/c1-13(2)7-9-21-15-5-3-14(4-6-15)19-17(20)11-16-12-18-8-10-22-16/h3-6,13,16,18H,7-12H2,1-2H3,(H,19,20). The van der Waals surface area contributed by atoms with Gasteiger partial charge in [-0.15, -0.1) is 0 Å². The topological polar surface area (TPSA) is 59.6 Å². The van der Waals surface area contributed by atoms with Crippen LogP contribution in [0, 0.1) is 5.92 Å². The fourth-order valence-corrected chi connectivity index (χ4v) is 2.22. The molecule has 0 aliphatic carbocycles. The molecular formula is C17H26N2O3. The first kappa shape index (κ1) is 16.8. The molecule has 0 spiro atoms. The Hall–Kier alpha value is -1.59. The van der Waals surface area contributed by atoms with Gasteiger partial charge in [-0.25, -0.2) is 0 Å². The molecule has 1 aromatic rings. The number of amides is 1. The van der Waals surface area contributed by atoms with Crippen molar-refractivity contribution in [2.24, 2.45) is 5.92 Å². The second-order valence-corrected chi connectivity index (χ2v) is 6.00. The highest BCUT2D eigenvalue weighted by Gasteiger charge is 2.17. The molecule has 1 aromatic carbocycles. The molecule has 1 aliphatic rings. The summed E-state index contributed by atoms with van der Waals surface area (Å²) in [6.07, 6.45) is 1.38. The molecule has 122 valence electrons. The Morgan fingerprint density at radius 1 is 1.41 bits per heavy atom. The van der Waals surface area contributed by atoms with Crippen molar-refractivity contribution in [2.75, 3.05) is 31.6 Å². The number of nitrogens with one attached hydrogen (secondary N) is 2. The van der Waals surface area contributed by atoms with E-state index in [-0.39, 0.29) is 12.0 Å². The van der Waals surface area contributed by atoms with Gasteiger partial charge in [-0.1, -0.05) is 13.8 Å². The van der Waals surface area contributed by atoms with Gasteiger partial charge >= 0.3 is 0 Å². The minimum absolute atomic E-state index is 0.0258. The number of carbonyl (C=O) groups is 1. The minimum Gasteiger partial charge on any atom is -0.494 e. The summed E-state index contributed by atoms with van der Waals surface area (Å²) in [7, 11) is 0. The zero-order chi connectivity index (χ0) is 15.8. The summed E-state index contributed by atoms with van der Waals surface area (Å²) >= 11 is 0. The zero-order valence-electron chi connectivity index (χ0n) is 13.4. The number of hydrogen-bond donors (Lipinski definition) is 2. The Balaban J connectivity index is 1.74. The highest BCUT2D eigenvalue weighted by atomic mass is 16.5. The first-order valence-corrected chi connectivity index (χ1v) is 7.98. The van der Waals surface area contributed by atoms with E-state index in [1.165, 1.54) is 0 Å². The van der Waals surface area contributed by atoms with Gasteiger partial charge in [0.1, 0.15) is 5.75 Å². The number of rotatable bonds is 7. The van der Waals surface area contributed by atoms with Crippen molar-refractivity contribution in [2.45, 2.75) is 32.8 Å². The van der Waals surface area contributed by atoms with Gasteiger partial charge in [0, 0.05) is 18.8 Å². The Kier molecular flexibility index (Phi) is 6.68. The fourth-order valence-electron chi connectivity index (χ4n) is 2.22. The van der Waals surface area contributed by atoms with Gasteiger partial charge in [0.05, 0.1) is 25.7 Å².